The van der Waals surface area contributed by atoms with Crippen LogP contribution in [-0.2, 0) is 0 Å². The van der Waals surface area contributed by atoms with Gasteiger partial charge in [0, 0.05) is 17.8 Å². The Bertz CT molecular complexity index is 978. The molecule has 22 heavy (non-hydrogen) atoms. The maximum absolute atomic E-state index is 14.9. The molecular weight excluding hydrogens is 284 g/mol. The molecule has 3 nitrogen and oxygen atoms in total. The molecular formula is C17H11F2N3. The second-order valence-electron chi connectivity index (χ2n) is 5.05. The lowest BCUT2D eigenvalue weighted by Crippen LogP contribution is -2.00. The van der Waals surface area contributed by atoms with Crippen molar-refractivity contribution in [3.8, 4) is 0 Å². The third kappa shape index (κ3) is 1.94. The molecule has 108 valence electrons. The monoisotopic (exact) mass is 295 g/mol. The SMILES string of the molecule is Fc1cccn2c([C@H](F)c3ccc4ncccc4c3)cnc12. The molecule has 0 saturated heterocycles. The number of nitrogens with zero attached hydrogens (tertiary/aromatic N) is 3. The smallest absolute Gasteiger partial charge is 0.173 e. The molecule has 0 bridgehead atoms. The number of imidazole rings is 1. The normalized spacial score (nSPS) is 12.8. The van der Waals surface area contributed by atoms with Crippen molar-refractivity contribution in [1.82, 2.24) is 14.4 Å². The Hall–Kier alpha value is -2.82. The molecule has 1 aromatic carbocycles. The van der Waals surface area contributed by atoms with Crippen LogP contribution in [0.25, 0.3) is 16.6 Å². The maximum atomic E-state index is 14.9. The Morgan fingerprint density at radius 3 is 2.86 bits per heavy atom. The highest BCUT2D eigenvalue weighted by molar-refractivity contribution is 5.79. The Morgan fingerprint density at radius 2 is 1.95 bits per heavy atom. The van der Waals surface area contributed by atoms with E-state index in [2.05, 4.69) is 9.97 Å². The van der Waals surface area contributed by atoms with Crippen LogP contribution >= 0.6 is 0 Å². The van der Waals surface area contributed by atoms with Crippen molar-refractivity contribution >= 4 is 16.6 Å². The summed E-state index contributed by atoms with van der Waals surface area (Å²) in [7, 11) is 0. The van der Waals surface area contributed by atoms with E-state index in [1.54, 1.807) is 30.6 Å². The molecule has 0 N–H and O–H groups in total. The first-order valence-electron chi connectivity index (χ1n) is 6.84. The molecule has 4 aromatic rings. The number of aromatic nitrogens is 3. The van der Waals surface area contributed by atoms with Crippen LogP contribution in [0.15, 0.2) is 61.1 Å². The molecule has 0 aliphatic carbocycles. The maximum Gasteiger partial charge on any atom is 0.173 e. The van der Waals surface area contributed by atoms with Crippen molar-refractivity contribution in [2.75, 3.05) is 0 Å². The van der Waals surface area contributed by atoms with Gasteiger partial charge in [-0.25, -0.2) is 13.8 Å². The van der Waals surface area contributed by atoms with E-state index in [9.17, 15) is 8.78 Å². The van der Waals surface area contributed by atoms with Crippen molar-refractivity contribution < 1.29 is 8.78 Å². The fourth-order valence-corrected chi connectivity index (χ4v) is 2.61. The fraction of sp³-hybridized carbons (Fsp3) is 0.0588. The van der Waals surface area contributed by atoms with Gasteiger partial charge in [0.15, 0.2) is 17.6 Å². The number of fused-ring (bicyclic) bond motifs is 2. The van der Waals surface area contributed by atoms with E-state index in [1.807, 2.05) is 12.1 Å². The van der Waals surface area contributed by atoms with Gasteiger partial charge in [0.2, 0.25) is 0 Å². The highest BCUT2D eigenvalue weighted by Gasteiger charge is 2.18. The Morgan fingerprint density at radius 1 is 1.05 bits per heavy atom. The van der Waals surface area contributed by atoms with E-state index in [0.717, 1.165) is 10.9 Å². The van der Waals surface area contributed by atoms with E-state index >= 15 is 0 Å². The molecule has 0 radical (unpaired) electrons. The van der Waals surface area contributed by atoms with Crippen molar-refractivity contribution in [3.05, 3.63) is 78.1 Å². The second-order valence-corrected chi connectivity index (χ2v) is 5.05. The summed E-state index contributed by atoms with van der Waals surface area (Å²) in [4.78, 5) is 8.18. The number of hydrogen-bond acceptors (Lipinski definition) is 2. The van der Waals surface area contributed by atoms with Gasteiger partial charge in [-0.15, -0.1) is 0 Å². The molecule has 1 atom stereocenters. The van der Waals surface area contributed by atoms with Gasteiger partial charge in [-0.3, -0.25) is 9.38 Å². The number of pyridine rings is 2. The van der Waals surface area contributed by atoms with Gasteiger partial charge >= 0.3 is 0 Å². The van der Waals surface area contributed by atoms with Crippen molar-refractivity contribution in [3.63, 3.8) is 0 Å². The highest BCUT2D eigenvalue weighted by Crippen LogP contribution is 2.29. The van der Waals surface area contributed by atoms with Crippen LogP contribution in [-0.4, -0.2) is 14.4 Å². The Balaban J connectivity index is 1.84. The van der Waals surface area contributed by atoms with Crippen molar-refractivity contribution in [2.24, 2.45) is 0 Å². The van der Waals surface area contributed by atoms with Gasteiger partial charge < -0.3 is 0 Å². The molecule has 0 fully saturated rings. The van der Waals surface area contributed by atoms with Crippen LogP contribution in [0.5, 0.6) is 0 Å². The number of rotatable bonds is 2. The Labute approximate surface area is 124 Å². The van der Waals surface area contributed by atoms with Crippen LogP contribution in [0.2, 0.25) is 0 Å². The summed E-state index contributed by atoms with van der Waals surface area (Å²) in [6, 6.07) is 11.8. The first kappa shape index (κ1) is 12.9. The van der Waals surface area contributed by atoms with Crippen LogP contribution in [0.4, 0.5) is 8.78 Å². The van der Waals surface area contributed by atoms with Gasteiger partial charge in [0.1, 0.15) is 0 Å². The molecule has 0 aliphatic heterocycles. The van der Waals surface area contributed by atoms with Gasteiger partial charge in [-0.2, -0.15) is 0 Å². The van der Waals surface area contributed by atoms with Crippen LogP contribution in [0, 0.1) is 5.82 Å². The molecule has 0 unspecified atom stereocenters. The van der Waals surface area contributed by atoms with Crippen molar-refractivity contribution in [1.29, 1.82) is 0 Å². The van der Waals surface area contributed by atoms with E-state index in [0.29, 0.717) is 11.3 Å². The summed E-state index contributed by atoms with van der Waals surface area (Å²) in [6.07, 6.45) is 3.29. The van der Waals surface area contributed by atoms with Crippen molar-refractivity contribution in [2.45, 2.75) is 6.17 Å². The summed E-state index contributed by atoms with van der Waals surface area (Å²) in [5.41, 5.74) is 1.73. The molecule has 5 heteroatoms. The predicted molar refractivity (Wildman–Crippen MR) is 79.8 cm³/mol. The zero-order valence-corrected chi connectivity index (χ0v) is 11.4. The topological polar surface area (TPSA) is 30.2 Å². The second kappa shape index (κ2) is 4.87. The van der Waals surface area contributed by atoms with Gasteiger partial charge in [0.25, 0.3) is 0 Å². The standard InChI is InChI=1S/C17H11F2N3/c18-13-4-2-8-22-15(10-21-17(13)22)16(19)12-5-6-14-11(9-12)3-1-7-20-14/h1-10,16H/t16-/m1/s1. The molecule has 0 amide bonds. The van der Waals surface area contributed by atoms with Gasteiger partial charge in [0.05, 0.1) is 17.4 Å². The first-order chi connectivity index (χ1) is 10.7. The van der Waals surface area contributed by atoms with Crippen LogP contribution < -0.4 is 0 Å². The Kier molecular flexibility index (Phi) is 2.85. The van der Waals surface area contributed by atoms with E-state index in [-0.39, 0.29) is 5.65 Å². The molecule has 0 spiro atoms. The van der Waals surface area contributed by atoms with Crippen LogP contribution in [0.1, 0.15) is 17.4 Å². The first-order valence-corrected chi connectivity index (χ1v) is 6.84. The summed E-state index contributed by atoms with van der Waals surface area (Å²) >= 11 is 0. The minimum atomic E-state index is -1.39. The van der Waals surface area contributed by atoms with E-state index < -0.39 is 12.0 Å². The zero-order valence-electron chi connectivity index (χ0n) is 11.4. The molecule has 3 heterocycles. The predicted octanol–water partition coefficient (Wildman–Crippen LogP) is 4.08. The third-order valence-electron chi connectivity index (χ3n) is 3.70. The number of hydrogen-bond donors (Lipinski definition) is 0. The molecule has 0 saturated carbocycles. The summed E-state index contributed by atoms with van der Waals surface area (Å²) in [5, 5.41) is 0.864. The number of halogens is 2. The summed E-state index contributed by atoms with van der Waals surface area (Å²) in [5.74, 6) is -0.469. The average molecular weight is 295 g/mol. The minimum Gasteiger partial charge on any atom is -0.298 e. The van der Waals surface area contributed by atoms with E-state index in [1.165, 1.54) is 22.7 Å². The number of alkyl halides is 1. The lowest BCUT2D eigenvalue weighted by molar-refractivity contribution is 0.391. The quantitative estimate of drug-likeness (QED) is 0.558. The van der Waals surface area contributed by atoms with Crippen LogP contribution in [0.3, 0.4) is 0 Å². The molecule has 4 rings (SSSR count). The minimum absolute atomic E-state index is 0.127. The lowest BCUT2D eigenvalue weighted by atomic mass is 10.1. The fourth-order valence-electron chi connectivity index (χ4n) is 2.61. The summed E-state index contributed by atoms with van der Waals surface area (Å²) in [6.45, 7) is 0. The summed E-state index contributed by atoms with van der Waals surface area (Å²) < 4.78 is 30.0. The van der Waals surface area contributed by atoms with E-state index in [4.69, 9.17) is 0 Å². The molecule has 3 aromatic heterocycles. The molecule has 0 aliphatic rings. The largest absolute Gasteiger partial charge is 0.298 e. The van der Waals surface area contributed by atoms with Gasteiger partial charge in [-0.05, 0) is 35.9 Å². The number of benzene rings is 1. The lowest BCUT2D eigenvalue weighted by Gasteiger charge is -2.09. The van der Waals surface area contributed by atoms with Gasteiger partial charge in [-0.1, -0.05) is 12.1 Å². The average Bonchev–Trinajstić information content (AvgIpc) is 2.99. The highest BCUT2D eigenvalue weighted by atomic mass is 19.1. The zero-order chi connectivity index (χ0) is 15.1. The third-order valence-corrected chi connectivity index (χ3v) is 3.70.